The molecule has 4 rings (SSSR count). The van der Waals surface area contributed by atoms with Gasteiger partial charge in [-0.05, 0) is 30.9 Å². The van der Waals surface area contributed by atoms with Crippen LogP contribution in [0.3, 0.4) is 0 Å². The van der Waals surface area contributed by atoms with E-state index < -0.39 is 0 Å². The van der Waals surface area contributed by atoms with Crippen molar-refractivity contribution in [3.05, 3.63) is 64.6 Å². The molecule has 0 spiro atoms. The highest BCUT2D eigenvalue weighted by Gasteiger charge is 2.36. The standard InChI is InChI=1S/C21H22N4O2S/c1-13-17-15(25-24-14-7-5-4-6-8-14)11-21(2,3)12-16(17)27-18(13)19(26)23-20-22-9-10-28-20/h4-10,24H,11-12H2,1-3H3,(H,22,23,26)/b25-15-. The molecule has 2 aromatic heterocycles. The minimum absolute atomic E-state index is 0.00243. The molecule has 0 atom stereocenters. The van der Waals surface area contributed by atoms with Crippen molar-refractivity contribution in [1.29, 1.82) is 0 Å². The number of hydrogen-bond donors (Lipinski definition) is 2. The Labute approximate surface area is 167 Å². The van der Waals surface area contributed by atoms with Gasteiger partial charge in [0.1, 0.15) is 5.76 Å². The number of para-hydroxylation sites is 1. The Balaban J connectivity index is 1.68. The number of benzene rings is 1. The fraction of sp³-hybridized carbons (Fsp3) is 0.286. The van der Waals surface area contributed by atoms with E-state index in [1.54, 1.807) is 6.20 Å². The van der Waals surface area contributed by atoms with E-state index in [4.69, 9.17) is 4.42 Å². The Hall–Kier alpha value is -2.93. The maximum atomic E-state index is 12.7. The summed E-state index contributed by atoms with van der Waals surface area (Å²) in [4.78, 5) is 16.8. The number of hydrogen-bond acceptors (Lipinski definition) is 6. The van der Waals surface area contributed by atoms with E-state index in [1.165, 1.54) is 11.3 Å². The van der Waals surface area contributed by atoms with E-state index in [2.05, 4.69) is 34.7 Å². The molecular weight excluding hydrogens is 372 g/mol. The predicted octanol–water partition coefficient (Wildman–Crippen LogP) is 5.09. The number of nitrogens with one attached hydrogen (secondary N) is 2. The molecule has 2 heterocycles. The lowest BCUT2D eigenvalue weighted by Crippen LogP contribution is -2.27. The second-order valence-electron chi connectivity index (χ2n) is 7.70. The number of hydrazone groups is 1. The zero-order chi connectivity index (χ0) is 19.7. The average molecular weight is 395 g/mol. The van der Waals surface area contributed by atoms with E-state index >= 15 is 0 Å². The second kappa shape index (κ2) is 7.24. The Morgan fingerprint density at radius 1 is 1.25 bits per heavy atom. The molecule has 1 aliphatic carbocycles. The molecule has 0 unspecified atom stereocenters. The molecule has 144 valence electrons. The zero-order valence-electron chi connectivity index (χ0n) is 16.1. The van der Waals surface area contributed by atoms with Gasteiger partial charge in [0.05, 0.1) is 11.4 Å². The Morgan fingerprint density at radius 2 is 2.04 bits per heavy atom. The second-order valence-corrected chi connectivity index (χ2v) is 8.59. The van der Waals surface area contributed by atoms with Crippen LogP contribution in [0.15, 0.2) is 51.4 Å². The first-order valence-corrected chi connectivity index (χ1v) is 10.0. The van der Waals surface area contributed by atoms with Crippen molar-refractivity contribution in [2.45, 2.75) is 33.6 Å². The van der Waals surface area contributed by atoms with Crippen LogP contribution in [0, 0.1) is 12.3 Å². The van der Waals surface area contributed by atoms with E-state index in [9.17, 15) is 4.79 Å². The summed E-state index contributed by atoms with van der Waals surface area (Å²) in [6.07, 6.45) is 3.22. The average Bonchev–Trinajstić information content (AvgIpc) is 3.27. The normalized spacial score (nSPS) is 16.6. The number of aromatic nitrogens is 1. The molecule has 6 nitrogen and oxygen atoms in total. The molecule has 0 bridgehead atoms. The van der Waals surface area contributed by atoms with Gasteiger partial charge >= 0.3 is 0 Å². The van der Waals surface area contributed by atoms with E-state index in [1.807, 2.05) is 42.6 Å². The van der Waals surface area contributed by atoms with E-state index in [0.29, 0.717) is 10.9 Å². The van der Waals surface area contributed by atoms with Crippen LogP contribution in [0.4, 0.5) is 10.8 Å². The lowest BCUT2D eigenvalue weighted by Gasteiger charge is -2.29. The van der Waals surface area contributed by atoms with E-state index in [-0.39, 0.29) is 11.3 Å². The number of rotatable bonds is 4. The third kappa shape index (κ3) is 3.71. The van der Waals surface area contributed by atoms with Gasteiger partial charge in [-0.15, -0.1) is 11.3 Å². The maximum Gasteiger partial charge on any atom is 0.293 e. The van der Waals surface area contributed by atoms with Crippen LogP contribution in [0.1, 0.15) is 47.7 Å². The molecule has 0 aliphatic heterocycles. The predicted molar refractivity (Wildman–Crippen MR) is 112 cm³/mol. The SMILES string of the molecule is Cc1c(C(=O)Nc2nccs2)oc2c1/C(=N\Nc1ccccc1)CC(C)(C)C2. The van der Waals surface area contributed by atoms with Crippen molar-refractivity contribution in [2.24, 2.45) is 10.5 Å². The number of thiazole rings is 1. The van der Waals surface area contributed by atoms with Gasteiger partial charge in [0, 0.05) is 29.1 Å². The van der Waals surface area contributed by atoms with Gasteiger partial charge in [0.25, 0.3) is 5.91 Å². The molecular formula is C21H22N4O2S. The monoisotopic (exact) mass is 394 g/mol. The van der Waals surface area contributed by atoms with Gasteiger partial charge in [-0.3, -0.25) is 15.5 Å². The van der Waals surface area contributed by atoms with Crippen LogP contribution in [-0.4, -0.2) is 16.6 Å². The topological polar surface area (TPSA) is 79.5 Å². The van der Waals surface area contributed by atoms with Crippen LogP contribution >= 0.6 is 11.3 Å². The van der Waals surface area contributed by atoms with Gasteiger partial charge in [0.15, 0.2) is 10.9 Å². The van der Waals surface area contributed by atoms with E-state index in [0.717, 1.165) is 41.1 Å². The van der Waals surface area contributed by atoms with Crippen LogP contribution < -0.4 is 10.7 Å². The van der Waals surface area contributed by atoms with Crippen molar-refractivity contribution in [2.75, 3.05) is 10.7 Å². The quantitative estimate of drug-likeness (QED) is 0.605. The molecule has 0 radical (unpaired) electrons. The summed E-state index contributed by atoms with van der Waals surface area (Å²) in [7, 11) is 0. The molecule has 0 saturated carbocycles. The molecule has 3 aromatic rings. The third-order valence-corrected chi connectivity index (χ3v) is 5.43. The first-order valence-electron chi connectivity index (χ1n) is 9.14. The van der Waals surface area contributed by atoms with Crippen molar-refractivity contribution in [1.82, 2.24) is 4.98 Å². The Morgan fingerprint density at radius 3 is 2.75 bits per heavy atom. The number of carbonyl (C=O) groups excluding carboxylic acids is 1. The minimum atomic E-state index is -0.282. The molecule has 0 fully saturated rings. The summed E-state index contributed by atoms with van der Waals surface area (Å²) in [6, 6.07) is 9.82. The van der Waals surface area contributed by atoms with Crippen molar-refractivity contribution in [3.8, 4) is 0 Å². The zero-order valence-corrected chi connectivity index (χ0v) is 16.9. The fourth-order valence-corrected chi connectivity index (χ4v) is 4.03. The van der Waals surface area contributed by atoms with Gasteiger partial charge in [-0.25, -0.2) is 4.98 Å². The van der Waals surface area contributed by atoms with Gasteiger partial charge < -0.3 is 4.42 Å². The van der Waals surface area contributed by atoms with Crippen LogP contribution in [0.25, 0.3) is 0 Å². The number of nitrogens with zero attached hydrogens (tertiary/aromatic N) is 2. The molecule has 28 heavy (non-hydrogen) atoms. The fourth-order valence-electron chi connectivity index (χ4n) is 3.51. The minimum Gasteiger partial charge on any atom is -0.455 e. The number of carbonyl (C=O) groups is 1. The van der Waals surface area contributed by atoms with Crippen LogP contribution in [0.2, 0.25) is 0 Å². The lowest BCUT2D eigenvalue weighted by atomic mass is 9.75. The van der Waals surface area contributed by atoms with Crippen molar-refractivity contribution < 1.29 is 9.21 Å². The molecule has 7 heteroatoms. The highest BCUT2D eigenvalue weighted by atomic mass is 32.1. The largest absolute Gasteiger partial charge is 0.455 e. The third-order valence-electron chi connectivity index (χ3n) is 4.75. The molecule has 2 N–H and O–H groups in total. The van der Waals surface area contributed by atoms with Crippen molar-refractivity contribution in [3.63, 3.8) is 0 Å². The number of amides is 1. The smallest absolute Gasteiger partial charge is 0.293 e. The molecule has 0 saturated heterocycles. The highest BCUT2D eigenvalue weighted by molar-refractivity contribution is 7.13. The number of anilines is 2. The van der Waals surface area contributed by atoms with Crippen molar-refractivity contribution >= 4 is 33.8 Å². The summed E-state index contributed by atoms with van der Waals surface area (Å²) >= 11 is 1.37. The lowest BCUT2D eigenvalue weighted by molar-refractivity contribution is 0.0993. The summed E-state index contributed by atoms with van der Waals surface area (Å²) in [5.41, 5.74) is 6.71. The summed E-state index contributed by atoms with van der Waals surface area (Å²) in [6.45, 7) is 6.28. The first-order chi connectivity index (χ1) is 13.4. The molecule has 1 aromatic carbocycles. The molecule has 1 aliphatic rings. The first kappa shape index (κ1) is 18.4. The Kier molecular flexibility index (Phi) is 4.77. The van der Waals surface area contributed by atoms with Gasteiger partial charge in [-0.1, -0.05) is 32.0 Å². The summed E-state index contributed by atoms with van der Waals surface area (Å²) in [5, 5.41) is 9.84. The maximum absolute atomic E-state index is 12.7. The summed E-state index contributed by atoms with van der Waals surface area (Å²) in [5.74, 6) is 0.854. The van der Waals surface area contributed by atoms with Gasteiger partial charge in [-0.2, -0.15) is 5.10 Å². The highest BCUT2D eigenvalue weighted by Crippen LogP contribution is 2.39. The summed E-state index contributed by atoms with van der Waals surface area (Å²) < 4.78 is 6.02. The number of furan rings is 1. The van der Waals surface area contributed by atoms with Crippen LogP contribution in [-0.2, 0) is 6.42 Å². The van der Waals surface area contributed by atoms with Crippen LogP contribution in [0.5, 0.6) is 0 Å². The number of fused-ring (bicyclic) bond motifs is 1. The van der Waals surface area contributed by atoms with Gasteiger partial charge in [0.2, 0.25) is 0 Å². The Bertz CT molecular complexity index is 1020. The molecule has 1 amide bonds.